The second-order valence-corrected chi connectivity index (χ2v) is 5.77. The van der Waals surface area contributed by atoms with Crippen LogP contribution in [-0.2, 0) is 0 Å². The Balaban J connectivity index is 2.20. The van der Waals surface area contributed by atoms with E-state index in [9.17, 15) is 9.18 Å². The number of hydrogen-bond acceptors (Lipinski definition) is 1. The molecule has 1 unspecified atom stereocenters. The van der Waals surface area contributed by atoms with Crippen LogP contribution in [0.4, 0.5) is 4.39 Å². The minimum Gasteiger partial charge on any atom is -0.345 e. The molecule has 2 aromatic rings. The lowest BCUT2D eigenvalue weighted by Gasteiger charge is -2.16. The fourth-order valence-corrected chi connectivity index (χ4v) is 2.62. The van der Waals surface area contributed by atoms with Gasteiger partial charge in [-0.1, -0.05) is 40.9 Å². The van der Waals surface area contributed by atoms with E-state index in [1.807, 2.05) is 0 Å². The van der Waals surface area contributed by atoms with Gasteiger partial charge in [0.25, 0.3) is 5.91 Å². The van der Waals surface area contributed by atoms with Gasteiger partial charge in [0.2, 0.25) is 0 Å². The molecule has 0 spiro atoms. The van der Waals surface area contributed by atoms with Crippen LogP contribution in [0, 0.1) is 5.82 Å². The van der Waals surface area contributed by atoms with Gasteiger partial charge in [0.1, 0.15) is 5.82 Å². The summed E-state index contributed by atoms with van der Waals surface area (Å²) in [4.78, 5) is 12.1. The Bertz CT molecular complexity index is 691. The van der Waals surface area contributed by atoms with Crippen LogP contribution in [0.15, 0.2) is 36.4 Å². The zero-order chi connectivity index (χ0) is 15.6. The summed E-state index contributed by atoms with van der Waals surface area (Å²) >= 11 is 17.7. The number of benzene rings is 2. The summed E-state index contributed by atoms with van der Waals surface area (Å²) in [6.07, 6.45) is 0. The Labute approximate surface area is 136 Å². The maximum atomic E-state index is 13.6. The number of amides is 1. The van der Waals surface area contributed by atoms with Crippen molar-refractivity contribution in [3.63, 3.8) is 0 Å². The summed E-state index contributed by atoms with van der Waals surface area (Å²) in [7, 11) is 0. The summed E-state index contributed by atoms with van der Waals surface area (Å²) in [5.74, 6) is -1.19. The fourth-order valence-electron chi connectivity index (χ4n) is 1.88. The molecule has 0 bridgehead atoms. The first kappa shape index (κ1) is 16.1. The lowest BCUT2D eigenvalue weighted by Crippen LogP contribution is -2.27. The highest BCUT2D eigenvalue weighted by atomic mass is 35.5. The van der Waals surface area contributed by atoms with Gasteiger partial charge in [-0.3, -0.25) is 4.79 Å². The molecule has 0 saturated carbocycles. The molecule has 0 aliphatic heterocycles. The van der Waals surface area contributed by atoms with Gasteiger partial charge in [-0.2, -0.15) is 0 Å². The summed E-state index contributed by atoms with van der Waals surface area (Å²) in [5.41, 5.74) is 0.580. The fraction of sp³-hybridized carbons (Fsp3) is 0.133. The highest BCUT2D eigenvalue weighted by molar-refractivity contribution is 6.35. The highest BCUT2D eigenvalue weighted by Gasteiger charge is 2.17. The monoisotopic (exact) mass is 345 g/mol. The van der Waals surface area contributed by atoms with Crippen molar-refractivity contribution in [1.29, 1.82) is 0 Å². The maximum absolute atomic E-state index is 13.6. The lowest BCUT2D eigenvalue weighted by atomic mass is 10.1. The maximum Gasteiger partial charge on any atom is 0.254 e. The molecule has 1 amide bonds. The van der Waals surface area contributed by atoms with E-state index >= 15 is 0 Å². The molecule has 2 nitrogen and oxygen atoms in total. The van der Waals surface area contributed by atoms with Gasteiger partial charge in [-0.15, -0.1) is 0 Å². The molecule has 0 heterocycles. The van der Waals surface area contributed by atoms with Gasteiger partial charge in [-0.25, -0.2) is 4.39 Å². The van der Waals surface area contributed by atoms with Crippen LogP contribution in [0.3, 0.4) is 0 Å². The van der Waals surface area contributed by atoms with Gasteiger partial charge >= 0.3 is 0 Å². The lowest BCUT2D eigenvalue weighted by molar-refractivity contribution is 0.0936. The number of carbonyl (C=O) groups excluding carboxylic acids is 1. The van der Waals surface area contributed by atoms with Gasteiger partial charge < -0.3 is 5.32 Å². The number of hydrogen-bond donors (Lipinski definition) is 1. The van der Waals surface area contributed by atoms with E-state index in [0.29, 0.717) is 20.6 Å². The zero-order valence-corrected chi connectivity index (χ0v) is 13.2. The minimum absolute atomic E-state index is 0.112. The summed E-state index contributed by atoms with van der Waals surface area (Å²) in [6, 6.07) is 8.38. The second kappa shape index (κ2) is 6.65. The van der Waals surface area contributed by atoms with Crippen LogP contribution in [0.1, 0.15) is 28.9 Å². The van der Waals surface area contributed by atoms with Crippen molar-refractivity contribution in [2.75, 3.05) is 0 Å². The van der Waals surface area contributed by atoms with Crippen LogP contribution < -0.4 is 5.32 Å². The minimum atomic E-state index is -0.633. The van der Waals surface area contributed by atoms with Gasteiger partial charge in [0.15, 0.2) is 0 Å². The van der Waals surface area contributed by atoms with Gasteiger partial charge in [0.05, 0.1) is 11.6 Å². The predicted octanol–water partition coefficient (Wildman–Crippen LogP) is 5.28. The van der Waals surface area contributed by atoms with Crippen LogP contribution in [0.2, 0.25) is 15.1 Å². The molecule has 0 saturated heterocycles. The Morgan fingerprint density at radius 1 is 1.10 bits per heavy atom. The normalized spacial score (nSPS) is 12.0. The second-order valence-electron chi connectivity index (χ2n) is 4.49. The number of halogens is 4. The number of nitrogens with one attached hydrogen (secondary N) is 1. The quantitative estimate of drug-likeness (QED) is 0.805. The van der Waals surface area contributed by atoms with E-state index in [2.05, 4.69) is 5.32 Å². The van der Waals surface area contributed by atoms with E-state index < -0.39 is 17.8 Å². The Morgan fingerprint density at radius 3 is 2.38 bits per heavy atom. The molecule has 1 N–H and O–H groups in total. The van der Waals surface area contributed by atoms with Crippen molar-refractivity contribution in [2.45, 2.75) is 13.0 Å². The van der Waals surface area contributed by atoms with E-state index in [1.54, 1.807) is 25.1 Å². The Hall–Kier alpha value is -1.29. The van der Waals surface area contributed by atoms with Gasteiger partial charge in [0, 0.05) is 15.1 Å². The average molecular weight is 347 g/mol. The van der Waals surface area contributed by atoms with Crippen LogP contribution in [0.5, 0.6) is 0 Å². The van der Waals surface area contributed by atoms with Crippen molar-refractivity contribution in [1.82, 2.24) is 5.32 Å². The van der Waals surface area contributed by atoms with Crippen molar-refractivity contribution in [3.8, 4) is 0 Å². The van der Waals surface area contributed by atoms with E-state index in [4.69, 9.17) is 34.8 Å². The number of rotatable bonds is 3. The van der Waals surface area contributed by atoms with Crippen LogP contribution >= 0.6 is 34.8 Å². The smallest absolute Gasteiger partial charge is 0.254 e. The molecule has 2 rings (SSSR count). The Morgan fingerprint density at radius 2 is 1.71 bits per heavy atom. The summed E-state index contributed by atoms with van der Waals surface area (Å²) in [6.45, 7) is 1.75. The predicted molar refractivity (Wildman–Crippen MR) is 83.8 cm³/mol. The molecule has 0 aliphatic carbocycles. The molecular formula is C15H11Cl3FNO. The molecule has 0 fully saturated rings. The largest absolute Gasteiger partial charge is 0.345 e. The SMILES string of the molecule is CC(NC(=O)c1cc(Cl)ccc1F)c1ccc(Cl)cc1Cl. The van der Waals surface area contributed by atoms with E-state index in [-0.39, 0.29) is 5.56 Å². The first-order chi connectivity index (χ1) is 9.88. The molecule has 110 valence electrons. The molecule has 1 atom stereocenters. The number of carbonyl (C=O) groups is 1. The van der Waals surface area contributed by atoms with Crippen molar-refractivity contribution >= 4 is 40.7 Å². The highest BCUT2D eigenvalue weighted by Crippen LogP contribution is 2.26. The first-order valence-electron chi connectivity index (χ1n) is 6.09. The van der Waals surface area contributed by atoms with Crippen LogP contribution in [-0.4, -0.2) is 5.91 Å². The van der Waals surface area contributed by atoms with E-state index in [0.717, 1.165) is 6.07 Å². The van der Waals surface area contributed by atoms with Crippen molar-refractivity contribution in [2.24, 2.45) is 0 Å². The summed E-state index contributed by atoms with van der Waals surface area (Å²) < 4.78 is 13.6. The van der Waals surface area contributed by atoms with Crippen molar-refractivity contribution in [3.05, 3.63) is 68.4 Å². The average Bonchev–Trinajstić information content (AvgIpc) is 2.41. The molecule has 21 heavy (non-hydrogen) atoms. The molecule has 0 aromatic heterocycles. The third kappa shape index (κ3) is 3.88. The first-order valence-corrected chi connectivity index (χ1v) is 7.22. The summed E-state index contributed by atoms with van der Waals surface area (Å²) in [5, 5.41) is 3.90. The third-order valence-corrected chi connectivity index (χ3v) is 3.75. The topological polar surface area (TPSA) is 29.1 Å². The van der Waals surface area contributed by atoms with E-state index in [1.165, 1.54) is 12.1 Å². The standard InChI is InChI=1S/C15H11Cl3FNO/c1-8(11-4-2-10(17)7-13(11)18)20-15(21)12-6-9(16)3-5-14(12)19/h2-8H,1H3,(H,20,21). The van der Waals surface area contributed by atoms with Crippen molar-refractivity contribution < 1.29 is 9.18 Å². The molecular weight excluding hydrogens is 336 g/mol. The zero-order valence-electron chi connectivity index (χ0n) is 11.0. The van der Waals surface area contributed by atoms with Gasteiger partial charge in [-0.05, 0) is 42.8 Å². The molecule has 2 aromatic carbocycles. The third-order valence-electron chi connectivity index (χ3n) is 2.95. The van der Waals surface area contributed by atoms with Crippen LogP contribution in [0.25, 0.3) is 0 Å². The molecule has 0 radical (unpaired) electrons. The molecule has 0 aliphatic rings. The Kier molecular flexibility index (Phi) is 5.09. The molecule has 6 heteroatoms.